The van der Waals surface area contributed by atoms with Crippen LogP contribution in [0.3, 0.4) is 0 Å². The van der Waals surface area contributed by atoms with E-state index in [1.807, 2.05) is 30.3 Å². The topological polar surface area (TPSA) is 47.6 Å². The van der Waals surface area contributed by atoms with Crippen molar-refractivity contribution in [2.75, 3.05) is 0 Å². The molecule has 1 fully saturated rings. The molecule has 88 valence electrons. The molecule has 0 bridgehead atoms. The van der Waals surface area contributed by atoms with Gasteiger partial charge in [0.1, 0.15) is 0 Å². The maximum atomic E-state index is 9.75. The minimum Gasteiger partial charge on any atom is -0.197 e. The minimum absolute atomic E-state index is 0.0278. The van der Waals surface area contributed by atoms with E-state index in [2.05, 4.69) is 26.0 Å². The SMILES string of the molecule is CC1(C)CC2C=C(C#N)c3ccccc3C21C#N. The number of nitrogens with zero attached hydrogens (tertiary/aromatic N) is 2. The number of nitriles is 2. The molecule has 2 nitrogen and oxygen atoms in total. The summed E-state index contributed by atoms with van der Waals surface area (Å²) < 4.78 is 0. The molecule has 0 saturated heterocycles. The van der Waals surface area contributed by atoms with Crippen LogP contribution in [0.25, 0.3) is 5.57 Å². The van der Waals surface area contributed by atoms with Gasteiger partial charge in [0.15, 0.2) is 0 Å². The molecule has 0 heterocycles. The second-order valence-electron chi connectivity index (χ2n) is 5.85. The molecule has 0 amide bonds. The first-order chi connectivity index (χ1) is 8.56. The van der Waals surface area contributed by atoms with Crippen molar-refractivity contribution in [1.82, 2.24) is 0 Å². The van der Waals surface area contributed by atoms with E-state index in [0.29, 0.717) is 0 Å². The number of hydrogen-bond acceptors (Lipinski definition) is 2. The van der Waals surface area contributed by atoms with E-state index in [1.54, 1.807) is 0 Å². The van der Waals surface area contributed by atoms with E-state index in [0.717, 1.165) is 23.1 Å². The van der Waals surface area contributed by atoms with Crippen LogP contribution < -0.4 is 0 Å². The van der Waals surface area contributed by atoms with Crippen LogP contribution in [-0.4, -0.2) is 0 Å². The van der Waals surface area contributed by atoms with Crippen LogP contribution in [0.2, 0.25) is 0 Å². The zero-order valence-corrected chi connectivity index (χ0v) is 10.6. The summed E-state index contributed by atoms with van der Waals surface area (Å²) >= 11 is 0. The first kappa shape index (κ1) is 11.1. The van der Waals surface area contributed by atoms with Crippen molar-refractivity contribution in [3.8, 4) is 12.1 Å². The van der Waals surface area contributed by atoms with E-state index in [1.165, 1.54) is 0 Å². The molecule has 2 aliphatic carbocycles. The summed E-state index contributed by atoms with van der Waals surface area (Å²) in [4.78, 5) is 0. The lowest BCUT2D eigenvalue weighted by Crippen LogP contribution is -2.58. The molecule has 3 rings (SSSR count). The second-order valence-corrected chi connectivity index (χ2v) is 5.85. The fraction of sp³-hybridized carbons (Fsp3) is 0.375. The Morgan fingerprint density at radius 2 is 1.94 bits per heavy atom. The molecule has 2 unspecified atom stereocenters. The van der Waals surface area contributed by atoms with Crippen LogP contribution in [0.4, 0.5) is 0 Å². The Morgan fingerprint density at radius 3 is 2.56 bits per heavy atom. The first-order valence-corrected chi connectivity index (χ1v) is 6.20. The normalized spacial score (nSPS) is 30.9. The molecule has 2 aliphatic rings. The van der Waals surface area contributed by atoms with Crippen molar-refractivity contribution in [2.24, 2.45) is 11.3 Å². The van der Waals surface area contributed by atoms with Gasteiger partial charge in [0.2, 0.25) is 0 Å². The molecule has 0 radical (unpaired) electrons. The quantitative estimate of drug-likeness (QED) is 0.690. The van der Waals surface area contributed by atoms with Gasteiger partial charge in [-0.1, -0.05) is 44.2 Å². The van der Waals surface area contributed by atoms with Crippen LogP contribution in [-0.2, 0) is 5.41 Å². The average molecular weight is 234 g/mol. The number of hydrogen-bond donors (Lipinski definition) is 0. The lowest BCUT2D eigenvalue weighted by atomic mass is 9.41. The molecule has 0 N–H and O–H groups in total. The summed E-state index contributed by atoms with van der Waals surface area (Å²) in [5, 5.41) is 19.0. The number of rotatable bonds is 0. The molecule has 1 aromatic rings. The Bertz CT molecular complexity index is 640. The van der Waals surface area contributed by atoms with Gasteiger partial charge >= 0.3 is 0 Å². The third kappa shape index (κ3) is 1.02. The van der Waals surface area contributed by atoms with Crippen LogP contribution in [0.5, 0.6) is 0 Å². The molecular weight excluding hydrogens is 220 g/mol. The first-order valence-electron chi connectivity index (χ1n) is 6.20. The van der Waals surface area contributed by atoms with Gasteiger partial charge in [0.25, 0.3) is 0 Å². The lowest BCUT2D eigenvalue weighted by molar-refractivity contribution is 0.0192. The highest BCUT2D eigenvalue weighted by Crippen LogP contribution is 2.64. The van der Waals surface area contributed by atoms with Crippen LogP contribution >= 0.6 is 0 Å². The van der Waals surface area contributed by atoms with Gasteiger partial charge in [-0.05, 0) is 23.0 Å². The molecule has 1 saturated carbocycles. The molecule has 0 aromatic heterocycles. The van der Waals surface area contributed by atoms with E-state index >= 15 is 0 Å². The van der Waals surface area contributed by atoms with Crippen LogP contribution in [0, 0.1) is 34.0 Å². The van der Waals surface area contributed by atoms with E-state index < -0.39 is 5.41 Å². The number of allylic oxidation sites excluding steroid dienone is 2. The Hall–Kier alpha value is -2.06. The standard InChI is InChI=1S/C16H14N2/c1-15(2)8-12-7-11(9-17)13-5-3-4-6-14(13)16(12,15)10-18/h3-7,12H,8H2,1-2H3. The Kier molecular flexibility index (Phi) is 1.99. The third-order valence-corrected chi connectivity index (χ3v) is 4.66. The zero-order chi connectivity index (χ0) is 13.0. The summed E-state index contributed by atoms with van der Waals surface area (Å²) in [6, 6.07) is 12.7. The Morgan fingerprint density at radius 1 is 1.22 bits per heavy atom. The average Bonchev–Trinajstić information content (AvgIpc) is 2.36. The summed E-state index contributed by atoms with van der Waals surface area (Å²) in [5.74, 6) is 0.182. The van der Waals surface area contributed by atoms with Crippen molar-refractivity contribution >= 4 is 5.57 Å². The van der Waals surface area contributed by atoms with Crippen molar-refractivity contribution < 1.29 is 0 Å². The highest BCUT2D eigenvalue weighted by Gasteiger charge is 2.63. The highest BCUT2D eigenvalue weighted by atomic mass is 14.6. The Labute approximate surface area is 107 Å². The molecular formula is C16H14N2. The number of benzene rings is 1. The molecule has 0 spiro atoms. The van der Waals surface area contributed by atoms with Crippen molar-refractivity contribution in [2.45, 2.75) is 25.7 Å². The van der Waals surface area contributed by atoms with Crippen molar-refractivity contribution in [3.63, 3.8) is 0 Å². The van der Waals surface area contributed by atoms with E-state index in [9.17, 15) is 10.5 Å². The van der Waals surface area contributed by atoms with E-state index in [-0.39, 0.29) is 11.3 Å². The summed E-state index contributed by atoms with van der Waals surface area (Å²) in [5.41, 5.74) is 2.21. The highest BCUT2D eigenvalue weighted by molar-refractivity contribution is 5.83. The van der Waals surface area contributed by atoms with Gasteiger partial charge in [-0.15, -0.1) is 0 Å². The van der Waals surface area contributed by atoms with Crippen molar-refractivity contribution in [3.05, 3.63) is 41.5 Å². The lowest BCUT2D eigenvalue weighted by Gasteiger charge is -2.59. The maximum absolute atomic E-state index is 9.75. The Balaban J connectivity index is 2.33. The summed E-state index contributed by atoms with van der Waals surface area (Å²) in [6.45, 7) is 4.30. The van der Waals surface area contributed by atoms with Crippen molar-refractivity contribution in [1.29, 1.82) is 10.5 Å². The fourth-order valence-corrected chi connectivity index (χ4v) is 3.73. The third-order valence-electron chi connectivity index (χ3n) is 4.66. The van der Waals surface area contributed by atoms with E-state index in [4.69, 9.17) is 0 Å². The van der Waals surface area contributed by atoms with Crippen LogP contribution in [0.1, 0.15) is 31.4 Å². The molecule has 2 atom stereocenters. The predicted molar refractivity (Wildman–Crippen MR) is 69.2 cm³/mol. The maximum Gasteiger partial charge on any atom is 0.0994 e. The fourth-order valence-electron chi connectivity index (χ4n) is 3.73. The van der Waals surface area contributed by atoms with Gasteiger partial charge < -0.3 is 0 Å². The largest absolute Gasteiger partial charge is 0.197 e. The smallest absolute Gasteiger partial charge is 0.0994 e. The van der Waals surface area contributed by atoms with Gasteiger partial charge in [0, 0.05) is 5.92 Å². The zero-order valence-electron chi connectivity index (χ0n) is 10.6. The molecule has 18 heavy (non-hydrogen) atoms. The molecule has 0 aliphatic heterocycles. The summed E-state index contributed by atoms with van der Waals surface area (Å²) in [6.07, 6.45) is 2.97. The molecule has 2 heteroatoms. The molecule has 1 aromatic carbocycles. The van der Waals surface area contributed by atoms with Gasteiger partial charge in [0.05, 0.1) is 23.1 Å². The monoisotopic (exact) mass is 234 g/mol. The van der Waals surface area contributed by atoms with Gasteiger partial charge in [-0.3, -0.25) is 0 Å². The second kappa shape index (κ2) is 3.24. The minimum atomic E-state index is -0.454. The van der Waals surface area contributed by atoms with Crippen LogP contribution in [0.15, 0.2) is 30.3 Å². The number of fused-ring (bicyclic) bond motifs is 3. The summed E-state index contributed by atoms with van der Waals surface area (Å²) in [7, 11) is 0. The van der Waals surface area contributed by atoms with Gasteiger partial charge in [-0.2, -0.15) is 10.5 Å². The van der Waals surface area contributed by atoms with Gasteiger partial charge in [-0.25, -0.2) is 0 Å². The predicted octanol–water partition coefficient (Wildman–Crippen LogP) is 3.41.